The van der Waals surface area contributed by atoms with Crippen molar-refractivity contribution in [3.63, 3.8) is 0 Å². The van der Waals surface area contributed by atoms with Crippen molar-refractivity contribution in [2.24, 2.45) is 7.05 Å². The largest absolute Gasteiger partial charge is 0.345 e. The number of halogens is 2. The molecule has 0 aliphatic heterocycles. The van der Waals surface area contributed by atoms with Crippen LogP contribution in [0.5, 0.6) is 0 Å². The summed E-state index contributed by atoms with van der Waals surface area (Å²) in [5, 5.41) is 6.42. The maximum Gasteiger partial charge on any atom is 0.282 e. The van der Waals surface area contributed by atoms with Gasteiger partial charge >= 0.3 is 0 Å². The third-order valence-electron chi connectivity index (χ3n) is 4.27. The molecule has 1 aromatic heterocycles. The van der Waals surface area contributed by atoms with Crippen LogP contribution in [0.25, 0.3) is 0 Å². The number of nitrogens with one attached hydrogen (secondary N) is 1. The number of benzene rings is 1. The quantitative estimate of drug-likeness (QED) is 0.852. The Morgan fingerprint density at radius 1 is 1.21 bits per heavy atom. The van der Waals surface area contributed by atoms with Crippen molar-refractivity contribution in [1.29, 1.82) is 0 Å². The predicted molar refractivity (Wildman–Crippen MR) is 89.2 cm³/mol. The molecule has 0 saturated carbocycles. The Hall–Kier alpha value is -2.24. The topological polar surface area (TPSA) is 46.9 Å². The first-order valence-corrected chi connectivity index (χ1v) is 8.05. The highest BCUT2D eigenvalue weighted by atomic mass is 19.3. The number of aromatic nitrogens is 2. The highest BCUT2D eigenvalue weighted by Crippen LogP contribution is 2.23. The van der Waals surface area contributed by atoms with Gasteiger partial charge in [-0.3, -0.25) is 9.48 Å². The molecule has 0 fully saturated rings. The van der Waals surface area contributed by atoms with Crippen LogP contribution in [0.3, 0.4) is 0 Å². The molecule has 1 N–H and O–H groups in total. The van der Waals surface area contributed by atoms with Crippen molar-refractivity contribution in [3.8, 4) is 0 Å². The first-order valence-electron chi connectivity index (χ1n) is 8.05. The van der Waals surface area contributed by atoms with Gasteiger partial charge in [0.15, 0.2) is 0 Å². The molecule has 0 radical (unpaired) electrons. The molecule has 24 heavy (non-hydrogen) atoms. The third kappa shape index (κ3) is 3.99. The highest BCUT2D eigenvalue weighted by molar-refractivity contribution is 5.95. The summed E-state index contributed by atoms with van der Waals surface area (Å²) in [6, 6.07) is 7.73. The minimum atomic E-state index is -2.78. The fraction of sp³-hybridized carbons (Fsp3) is 0.444. The number of carbonyl (C=O) groups excluding carboxylic acids is 1. The van der Waals surface area contributed by atoms with Gasteiger partial charge in [0.25, 0.3) is 12.3 Å². The lowest BCUT2D eigenvalue weighted by Gasteiger charge is -2.16. The van der Waals surface area contributed by atoms with Crippen molar-refractivity contribution in [2.75, 3.05) is 0 Å². The van der Waals surface area contributed by atoms with Gasteiger partial charge in [0.05, 0.1) is 11.6 Å². The number of nitrogens with zero attached hydrogens (tertiary/aromatic N) is 2. The maximum atomic E-state index is 13.0. The molecule has 1 amide bonds. The van der Waals surface area contributed by atoms with Gasteiger partial charge in [-0.2, -0.15) is 5.10 Å². The Labute approximate surface area is 140 Å². The molecule has 6 heteroatoms. The Kier molecular flexibility index (Phi) is 5.70. The van der Waals surface area contributed by atoms with Crippen LogP contribution in [-0.4, -0.2) is 15.7 Å². The van der Waals surface area contributed by atoms with Gasteiger partial charge in [-0.25, -0.2) is 8.78 Å². The van der Waals surface area contributed by atoms with Crippen molar-refractivity contribution in [2.45, 2.75) is 45.6 Å². The molecule has 0 aliphatic rings. The number of rotatable bonds is 6. The Morgan fingerprint density at radius 3 is 2.33 bits per heavy atom. The van der Waals surface area contributed by atoms with E-state index in [0.29, 0.717) is 5.92 Å². The van der Waals surface area contributed by atoms with Crippen molar-refractivity contribution >= 4 is 5.91 Å². The summed E-state index contributed by atoms with van der Waals surface area (Å²) in [5.41, 5.74) is 1.59. The van der Waals surface area contributed by atoms with Crippen LogP contribution in [0, 0.1) is 0 Å². The second-order valence-corrected chi connectivity index (χ2v) is 6.07. The number of aryl methyl sites for hydroxylation is 1. The molecule has 4 nitrogen and oxygen atoms in total. The van der Waals surface area contributed by atoms with Crippen LogP contribution in [0.4, 0.5) is 8.78 Å². The molecule has 2 aromatic rings. The van der Waals surface area contributed by atoms with Gasteiger partial charge < -0.3 is 5.32 Å². The predicted octanol–water partition coefficient (Wildman–Crippen LogP) is 4.36. The molecule has 0 saturated heterocycles. The molecule has 1 heterocycles. The summed E-state index contributed by atoms with van der Waals surface area (Å²) in [6.45, 7) is 6.12. The van der Waals surface area contributed by atoms with Crippen LogP contribution in [0.1, 0.15) is 72.8 Å². The first kappa shape index (κ1) is 18.1. The van der Waals surface area contributed by atoms with E-state index in [-0.39, 0.29) is 11.6 Å². The minimum Gasteiger partial charge on any atom is -0.345 e. The summed E-state index contributed by atoms with van der Waals surface area (Å²) in [4.78, 5) is 12.3. The zero-order valence-corrected chi connectivity index (χ0v) is 14.4. The van der Waals surface area contributed by atoms with E-state index in [0.717, 1.165) is 12.0 Å². The Balaban J connectivity index is 2.11. The summed E-state index contributed by atoms with van der Waals surface area (Å²) < 4.78 is 27.1. The lowest BCUT2D eigenvalue weighted by Crippen LogP contribution is -2.27. The lowest BCUT2D eigenvalue weighted by molar-refractivity contribution is 0.0925. The Morgan fingerprint density at radius 2 is 1.79 bits per heavy atom. The zero-order chi connectivity index (χ0) is 17.9. The molecule has 2 unspecified atom stereocenters. The van der Waals surface area contributed by atoms with Gasteiger partial charge in [0, 0.05) is 13.2 Å². The number of hydrogen-bond acceptors (Lipinski definition) is 2. The van der Waals surface area contributed by atoms with Crippen molar-refractivity contribution in [1.82, 2.24) is 15.1 Å². The van der Waals surface area contributed by atoms with Crippen molar-refractivity contribution in [3.05, 3.63) is 52.8 Å². The smallest absolute Gasteiger partial charge is 0.282 e. The molecule has 1 aromatic carbocycles. The van der Waals surface area contributed by atoms with Gasteiger partial charge in [0.2, 0.25) is 0 Å². The van der Waals surface area contributed by atoms with Crippen LogP contribution in [0.15, 0.2) is 30.5 Å². The summed E-state index contributed by atoms with van der Waals surface area (Å²) in [7, 11) is 1.51. The van der Waals surface area contributed by atoms with Gasteiger partial charge in [-0.05, 0) is 30.4 Å². The number of amides is 1. The van der Waals surface area contributed by atoms with E-state index in [1.165, 1.54) is 23.5 Å². The molecule has 2 rings (SSSR count). The van der Waals surface area contributed by atoms with Crippen LogP contribution in [0.2, 0.25) is 0 Å². The molecule has 0 bridgehead atoms. The summed E-state index contributed by atoms with van der Waals surface area (Å²) in [5.74, 6) is -0.0650. The van der Waals surface area contributed by atoms with Crippen molar-refractivity contribution < 1.29 is 13.6 Å². The lowest BCUT2D eigenvalue weighted by atomic mass is 9.96. The van der Waals surface area contributed by atoms with E-state index in [2.05, 4.69) is 24.3 Å². The number of alkyl halides is 2. The van der Waals surface area contributed by atoms with Crippen LogP contribution in [-0.2, 0) is 7.05 Å². The van der Waals surface area contributed by atoms with E-state index >= 15 is 0 Å². The van der Waals surface area contributed by atoms with Gasteiger partial charge in [-0.1, -0.05) is 38.1 Å². The fourth-order valence-electron chi connectivity index (χ4n) is 2.55. The molecule has 130 valence electrons. The first-order chi connectivity index (χ1) is 11.3. The molecule has 2 atom stereocenters. The average molecular weight is 335 g/mol. The second kappa shape index (κ2) is 7.55. The SMILES string of the molecule is CCC(C)c1ccc(C(C)NC(=O)c2cn(C)nc2C(F)F)cc1. The summed E-state index contributed by atoms with van der Waals surface area (Å²) in [6.07, 6.45) is -0.407. The fourth-order valence-corrected chi connectivity index (χ4v) is 2.55. The molecule has 0 aliphatic carbocycles. The highest BCUT2D eigenvalue weighted by Gasteiger charge is 2.23. The van der Waals surface area contributed by atoms with Gasteiger partial charge in [0.1, 0.15) is 5.69 Å². The van der Waals surface area contributed by atoms with E-state index in [1.54, 1.807) is 0 Å². The number of hydrogen-bond donors (Lipinski definition) is 1. The maximum absolute atomic E-state index is 13.0. The standard InChI is InChI=1S/C18H23F2N3O/c1-5-11(2)13-6-8-14(9-7-13)12(3)21-18(24)15-10-23(4)22-16(15)17(19)20/h6-12,17H,5H2,1-4H3,(H,21,24). The number of carbonyl (C=O) groups is 1. The van der Waals surface area contributed by atoms with Gasteiger partial charge in [-0.15, -0.1) is 0 Å². The van der Waals surface area contributed by atoms with E-state index in [1.807, 2.05) is 31.2 Å². The van der Waals surface area contributed by atoms with E-state index < -0.39 is 18.0 Å². The molecular formula is C18H23F2N3O. The monoisotopic (exact) mass is 335 g/mol. The Bertz CT molecular complexity index is 695. The summed E-state index contributed by atoms with van der Waals surface area (Å²) >= 11 is 0. The third-order valence-corrected chi connectivity index (χ3v) is 4.27. The molecule has 0 spiro atoms. The van der Waals surface area contributed by atoms with E-state index in [9.17, 15) is 13.6 Å². The zero-order valence-electron chi connectivity index (χ0n) is 14.4. The average Bonchev–Trinajstić information content (AvgIpc) is 2.96. The molecular weight excluding hydrogens is 312 g/mol. The van der Waals surface area contributed by atoms with E-state index in [4.69, 9.17) is 0 Å². The van der Waals surface area contributed by atoms with Crippen LogP contribution >= 0.6 is 0 Å². The minimum absolute atomic E-state index is 0.0874. The second-order valence-electron chi connectivity index (χ2n) is 6.07. The van der Waals surface area contributed by atoms with Crippen LogP contribution < -0.4 is 5.32 Å². The normalized spacial score (nSPS) is 13.8.